The van der Waals surface area contributed by atoms with Crippen LogP contribution in [-0.4, -0.2) is 61.2 Å². The molecule has 1 atom stereocenters. The maximum absolute atomic E-state index is 3.51. The van der Waals surface area contributed by atoms with E-state index in [-0.39, 0.29) is 0 Å². The van der Waals surface area contributed by atoms with Gasteiger partial charge < -0.3 is 5.32 Å². The highest BCUT2D eigenvalue weighted by Crippen LogP contribution is 2.16. The van der Waals surface area contributed by atoms with E-state index in [0.717, 1.165) is 12.1 Å². The van der Waals surface area contributed by atoms with E-state index in [4.69, 9.17) is 0 Å². The molecule has 3 nitrogen and oxygen atoms in total. The lowest BCUT2D eigenvalue weighted by atomic mass is 10.1. The highest BCUT2D eigenvalue weighted by molar-refractivity contribution is 4.81. The lowest BCUT2D eigenvalue weighted by Crippen LogP contribution is -2.52. The zero-order valence-corrected chi connectivity index (χ0v) is 10.9. The normalized spacial score (nSPS) is 30.6. The van der Waals surface area contributed by atoms with Crippen molar-refractivity contribution < 1.29 is 0 Å². The average molecular weight is 225 g/mol. The fourth-order valence-electron chi connectivity index (χ4n) is 2.98. The molecule has 0 bridgehead atoms. The van der Waals surface area contributed by atoms with Crippen molar-refractivity contribution >= 4 is 0 Å². The Hall–Kier alpha value is -0.120. The molecule has 2 aliphatic rings. The molecule has 2 fully saturated rings. The molecule has 0 aliphatic carbocycles. The van der Waals surface area contributed by atoms with Crippen LogP contribution in [0.1, 0.15) is 33.1 Å². The summed E-state index contributed by atoms with van der Waals surface area (Å²) >= 11 is 0. The Kier molecular flexibility index (Phi) is 4.62. The second-order valence-electron chi connectivity index (χ2n) is 5.50. The third-order valence-electron chi connectivity index (χ3n) is 4.14. The Bertz CT molecular complexity index is 189. The monoisotopic (exact) mass is 225 g/mol. The van der Waals surface area contributed by atoms with Gasteiger partial charge in [0.2, 0.25) is 0 Å². The molecule has 2 saturated heterocycles. The van der Waals surface area contributed by atoms with Gasteiger partial charge in [0.1, 0.15) is 0 Å². The van der Waals surface area contributed by atoms with Crippen molar-refractivity contribution in [1.29, 1.82) is 0 Å². The van der Waals surface area contributed by atoms with Gasteiger partial charge in [-0.1, -0.05) is 0 Å². The van der Waals surface area contributed by atoms with Crippen LogP contribution in [0.5, 0.6) is 0 Å². The number of nitrogens with zero attached hydrogens (tertiary/aromatic N) is 2. The molecular formula is C13H27N3. The van der Waals surface area contributed by atoms with Gasteiger partial charge in [0.25, 0.3) is 0 Å². The molecule has 0 aromatic carbocycles. The molecule has 94 valence electrons. The summed E-state index contributed by atoms with van der Waals surface area (Å²) in [7, 11) is 0. The van der Waals surface area contributed by atoms with Gasteiger partial charge in [-0.25, -0.2) is 0 Å². The van der Waals surface area contributed by atoms with Crippen molar-refractivity contribution in [1.82, 2.24) is 15.1 Å². The van der Waals surface area contributed by atoms with Crippen LogP contribution in [0.2, 0.25) is 0 Å². The quantitative estimate of drug-likeness (QED) is 0.761. The molecule has 0 amide bonds. The average Bonchev–Trinajstić information content (AvgIpc) is 2.57. The lowest BCUT2D eigenvalue weighted by molar-refractivity contribution is 0.0737. The summed E-state index contributed by atoms with van der Waals surface area (Å²) in [5.41, 5.74) is 0. The van der Waals surface area contributed by atoms with Gasteiger partial charge in [0, 0.05) is 38.3 Å². The molecule has 2 aliphatic heterocycles. The van der Waals surface area contributed by atoms with Crippen LogP contribution in [0.15, 0.2) is 0 Å². The summed E-state index contributed by atoms with van der Waals surface area (Å²) in [6.45, 7) is 12.2. The lowest BCUT2D eigenvalue weighted by Gasteiger charge is -2.40. The van der Waals surface area contributed by atoms with Crippen LogP contribution >= 0.6 is 0 Å². The molecule has 0 aromatic rings. The van der Waals surface area contributed by atoms with E-state index in [2.05, 4.69) is 29.0 Å². The van der Waals surface area contributed by atoms with Crippen molar-refractivity contribution in [3.63, 3.8) is 0 Å². The summed E-state index contributed by atoms with van der Waals surface area (Å²) in [4.78, 5) is 5.33. The van der Waals surface area contributed by atoms with E-state index in [1.807, 2.05) is 0 Å². The number of rotatable bonds is 2. The van der Waals surface area contributed by atoms with Gasteiger partial charge in [0.15, 0.2) is 0 Å². The van der Waals surface area contributed by atoms with E-state index in [1.54, 1.807) is 0 Å². The highest BCUT2D eigenvalue weighted by atomic mass is 15.3. The molecule has 3 heteroatoms. The van der Waals surface area contributed by atoms with Crippen LogP contribution in [-0.2, 0) is 0 Å². The Morgan fingerprint density at radius 3 is 2.44 bits per heavy atom. The number of hydrogen-bond donors (Lipinski definition) is 1. The molecule has 0 radical (unpaired) electrons. The minimum absolute atomic E-state index is 0.720. The first-order valence-corrected chi connectivity index (χ1v) is 6.96. The standard InChI is InChI=1S/C13H27N3/c1-12(2)15-8-10-16(11-9-15)13-4-3-6-14-7-5-13/h12-14H,3-11H2,1-2H3. The Balaban J connectivity index is 1.78. The molecule has 1 N–H and O–H groups in total. The zero-order valence-electron chi connectivity index (χ0n) is 10.9. The number of hydrogen-bond acceptors (Lipinski definition) is 3. The van der Waals surface area contributed by atoms with E-state index < -0.39 is 0 Å². The van der Waals surface area contributed by atoms with Crippen LogP contribution < -0.4 is 5.32 Å². The Morgan fingerprint density at radius 1 is 1.00 bits per heavy atom. The van der Waals surface area contributed by atoms with Gasteiger partial charge in [-0.2, -0.15) is 0 Å². The van der Waals surface area contributed by atoms with Crippen molar-refractivity contribution in [2.75, 3.05) is 39.3 Å². The summed E-state index contributed by atoms with van der Waals surface area (Å²) in [6, 6.07) is 1.57. The van der Waals surface area contributed by atoms with Crippen LogP contribution in [0.25, 0.3) is 0 Å². The van der Waals surface area contributed by atoms with Crippen LogP contribution in [0.4, 0.5) is 0 Å². The first-order chi connectivity index (χ1) is 7.77. The molecular weight excluding hydrogens is 198 g/mol. The predicted molar refractivity (Wildman–Crippen MR) is 68.8 cm³/mol. The van der Waals surface area contributed by atoms with Gasteiger partial charge in [0.05, 0.1) is 0 Å². The minimum Gasteiger partial charge on any atom is -0.317 e. The zero-order chi connectivity index (χ0) is 11.4. The fourth-order valence-corrected chi connectivity index (χ4v) is 2.98. The van der Waals surface area contributed by atoms with E-state index in [0.29, 0.717) is 0 Å². The summed E-state index contributed by atoms with van der Waals surface area (Å²) in [6.07, 6.45) is 4.10. The van der Waals surface area contributed by atoms with Gasteiger partial charge >= 0.3 is 0 Å². The van der Waals surface area contributed by atoms with Crippen molar-refractivity contribution in [3.8, 4) is 0 Å². The van der Waals surface area contributed by atoms with Crippen LogP contribution in [0, 0.1) is 0 Å². The summed E-state index contributed by atoms with van der Waals surface area (Å²) in [5, 5.41) is 3.51. The molecule has 2 rings (SSSR count). The highest BCUT2D eigenvalue weighted by Gasteiger charge is 2.24. The van der Waals surface area contributed by atoms with E-state index in [1.165, 1.54) is 58.5 Å². The van der Waals surface area contributed by atoms with Gasteiger partial charge in [-0.05, 0) is 46.2 Å². The Morgan fingerprint density at radius 2 is 1.75 bits per heavy atom. The third kappa shape index (κ3) is 3.19. The molecule has 1 unspecified atom stereocenters. The first kappa shape index (κ1) is 12.3. The van der Waals surface area contributed by atoms with Crippen molar-refractivity contribution in [2.24, 2.45) is 0 Å². The largest absolute Gasteiger partial charge is 0.317 e. The Labute approximate surface area is 100 Å². The smallest absolute Gasteiger partial charge is 0.0113 e. The molecule has 2 heterocycles. The van der Waals surface area contributed by atoms with Gasteiger partial charge in [-0.15, -0.1) is 0 Å². The van der Waals surface area contributed by atoms with Crippen molar-refractivity contribution in [3.05, 3.63) is 0 Å². The summed E-state index contributed by atoms with van der Waals surface area (Å²) < 4.78 is 0. The second kappa shape index (κ2) is 5.99. The molecule has 0 aromatic heterocycles. The predicted octanol–water partition coefficient (Wildman–Crippen LogP) is 1.15. The topological polar surface area (TPSA) is 18.5 Å². The molecule has 16 heavy (non-hydrogen) atoms. The van der Waals surface area contributed by atoms with E-state index >= 15 is 0 Å². The maximum atomic E-state index is 3.51. The van der Waals surface area contributed by atoms with Crippen LogP contribution in [0.3, 0.4) is 0 Å². The van der Waals surface area contributed by atoms with Crippen molar-refractivity contribution in [2.45, 2.75) is 45.2 Å². The minimum atomic E-state index is 0.720. The molecule has 0 saturated carbocycles. The number of nitrogens with one attached hydrogen (secondary N) is 1. The van der Waals surface area contributed by atoms with Gasteiger partial charge in [-0.3, -0.25) is 9.80 Å². The van der Waals surface area contributed by atoms with E-state index in [9.17, 15) is 0 Å². The molecule has 0 spiro atoms. The fraction of sp³-hybridized carbons (Fsp3) is 1.00. The number of piperazine rings is 1. The first-order valence-electron chi connectivity index (χ1n) is 6.96. The second-order valence-corrected chi connectivity index (χ2v) is 5.50. The SMILES string of the molecule is CC(C)N1CCN(C2CCCNCC2)CC1. The maximum Gasteiger partial charge on any atom is 0.0113 e. The summed E-state index contributed by atoms with van der Waals surface area (Å²) in [5.74, 6) is 0. The third-order valence-corrected chi connectivity index (χ3v) is 4.14.